The molecule has 19 nitrogen and oxygen atoms in total. The monoisotopic (exact) mass is 768 g/mol. The number of fused-ring (bicyclic) bond motifs is 4. The number of nitrogens with one attached hydrogen (secondary N) is 7. The van der Waals surface area contributed by atoms with Crippen LogP contribution in [0.3, 0.4) is 0 Å². The van der Waals surface area contributed by atoms with E-state index in [-0.39, 0.29) is 18.9 Å². The first kappa shape index (κ1) is 41.7. The third kappa shape index (κ3) is 10.6. The average molecular weight is 769 g/mol. The molecule has 6 atom stereocenters. The molecule has 0 spiro atoms. The lowest BCUT2D eigenvalue weighted by atomic mass is 9.92. The van der Waals surface area contributed by atoms with Gasteiger partial charge < -0.3 is 52.0 Å². The number of para-hydroxylation sites is 1. The Morgan fingerprint density at radius 2 is 1.51 bits per heavy atom. The highest BCUT2D eigenvalue weighted by Crippen LogP contribution is 2.32. The zero-order chi connectivity index (χ0) is 40.7. The van der Waals surface area contributed by atoms with E-state index in [0.717, 1.165) is 22.2 Å². The number of nitrogens with zero attached hydrogens (tertiary/aromatic N) is 1. The summed E-state index contributed by atoms with van der Waals surface area (Å²) in [5.41, 5.74) is 2.68. The van der Waals surface area contributed by atoms with Gasteiger partial charge in [0.15, 0.2) is 0 Å². The van der Waals surface area contributed by atoms with Crippen LogP contribution in [0.4, 0.5) is 0 Å². The molecule has 0 radical (unpaired) electrons. The SMILES string of the molecule is CC(C)C[C@H](NC(=O)CC1NC(=O)[C@@H]2Cc3c([nH]c4ccccc34)CN2C1=O)C(=O)N[C@@H](C)C(=O)NCC(=O)N[C@@H](CC(=O)O)C(=O)N[C@H](C(=O)O)C(C)C. The Labute approximate surface area is 316 Å². The molecule has 7 amide bonds. The van der Waals surface area contributed by atoms with Crippen molar-refractivity contribution in [2.45, 2.75) is 103 Å². The molecule has 1 aromatic heterocycles. The second-order valence-electron chi connectivity index (χ2n) is 14.6. The van der Waals surface area contributed by atoms with E-state index in [1.807, 2.05) is 38.1 Å². The fourth-order valence-electron chi connectivity index (χ4n) is 6.58. The number of hydrogen-bond acceptors (Lipinski definition) is 9. The van der Waals surface area contributed by atoms with E-state index in [0.29, 0.717) is 6.42 Å². The summed E-state index contributed by atoms with van der Waals surface area (Å²) in [6, 6.07) is 0.407. The van der Waals surface area contributed by atoms with Gasteiger partial charge in [-0.05, 0) is 36.8 Å². The Bertz CT molecular complexity index is 1860. The summed E-state index contributed by atoms with van der Waals surface area (Å²) in [5.74, 6) is -8.51. The highest BCUT2D eigenvalue weighted by molar-refractivity contribution is 6.01. The van der Waals surface area contributed by atoms with Crippen LogP contribution in [-0.4, -0.2) is 116 Å². The zero-order valence-electron chi connectivity index (χ0n) is 31.2. The molecule has 0 saturated carbocycles. The highest BCUT2D eigenvalue weighted by atomic mass is 16.4. The smallest absolute Gasteiger partial charge is 0.326 e. The predicted octanol–water partition coefficient (Wildman–Crippen LogP) is -1.35. The maximum absolute atomic E-state index is 13.5. The normalized spacial score (nSPS) is 18.6. The van der Waals surface area contributed by atoms with Gasteiger partial charge in [-0.1, -0.05) is 45.9 Å². The molecular weight excluding hydrogens is 720 g/mol. The molecule has 1 saturated heterocycles. The second-order valence-corrected chi connectivity index (χ2v) is 14.6. The summed E-state index contributed by atoms with van der Waals surface area (Å²) >= 11 is 0. The van der Waals surface area contributed by atoms with E-state index in [9.17, 15) is 53.4 Å². The third-order valence-electron chi connectivity index (χ3n) is 9.39. The highest BCUT2D eigenvalue weighted by Gasteiger charge is 2.44. The molecule has 0 bridgehead atoms. The van der Waals surface area contributed by atoms with Crippen LogP contribution in [0.5, 0.6) is 0 Å². The molecule has 19 heteroatoms. The Morgan fingerprint density at radius 3 is 2.15 bits per heavy atom. The van der Waals surface area contributed by atoms with Gasteiger partial charge in [0, 0.05) is 23.0 Å². The standard InChI is InChI=1S/C36H48N8O11/c1-16(2)10-22(32(50)38-18(5)31(49)37-14-28(46)41-23(13-29(47)48)33(51)43-30(17(3)4)36(54)55)40-27(45)12-24-35(53)44-15-25-20(11-26(44)34(52)42-24)19-8-6-7-9-21(19)39-25/h6-9,16-18,22-24,26,30,39H,10-15H2,1-5H3,(H,37,49)(H,38,50)(H,40,45)(H,41,46)(H,42,52)(H,43,51)(H,47,48)(H,54,55)/t18-,22-,23-,24?,26-,30-/m0/s1. The van der Waals surface area contributed by atoms with Crippen LogP contribution in [-0.2, 0) is 56.1 Å². The van der Waals surface area contributed by atoms with E-state index >= 15 is 0 Å². The van der Waals surface area contributed by atoms with Crippen molar-refractivity contribution in [1.82, 2.24) is 41.8 Å². The number of carboxylic acid groups (broad SMARTS) is 2. The number of benzene rings is 1. The van der Waals surface area contributed by atoms with E-state index in [2.05, 4.69) is 36.9 Å². The van der Waals surface area contributed by atoms with Crippen LogP contribution in [0.1, 0.15) is 65.1 Å². The van der Waals surface area contributed by atoms with Crippen LogP contribution in [0.25, 0.3) is 10.9 Å². The third-order valence-corrected chi connectivity index (χ3v) is 9.39. The van der Waals surface area contributed by atoms with Gasteiger partial charge in [-0.3, -0.25) is 38.4 Å². The van der Waals surface area contributed by atoms with Crippen molar-refractivity contribution in [2.75, 3.05) is 6.54 Å². The topological polar surface area (TPSA) is 285 Å². The van der Waals surface area contributed by atoms with Crippen LogP contribution < -0.4 is 31.9 Å². The van der Waals surface area contributed by atoms with Gasteiger partial charge >= 0.3 is 11.9 Å². The number of carbonyl (C=O) groups is 9. The fraction of sp³-hybridized carbons (Fsp3) is 0.528. The first-order chi connectivity index (χ1) is 25.9. The summed E-state index contributed by atoms with van der Waals surface area (Å²) in [7, 11) is 0. The number of hydrogen-bond donors (Lipinski definition) is 9. The van der Waals surface area contributed by atoms with E-state index in [1.165, 1.54) is 25.7 Å². The first-order valence-corrected chi connectivity index (χ1v) is 18.0. The van der Waals surface area contributed by atoms with E-state index < -0.39 is 115 Å². The number of carbonyl (C=O) groups excluding carboxylic acids is 7. The first-order valence-electron chi connectivity index (χ1n) is 18.0. The molecule has 298 valence electrons. The molecular formula is C36H48N8O11. The molecule has 55 heavy (non-hydrogen) atoms. The number of rotatable bonds is 17. The van der Waals surface area contributed by atoms with Crippen LogP contribution in [0.2, 0.25) is 0 Å². The quantitative estimate of drug-likeness (QED) is 0.0907. The molecule has 2 aliphatic rings. The molecule has 1 unspecified atom stereocenters. The Balaban J connectivity index is 1.30. The minimum Gasteiger partial charge on any atom is -0.481 e. The summed E-state index contributed by atoms with van der Waals surface area (Å²) < 4.78 is 0. The summed E-state index contributed by atoms with van der Waals surface area (Å²) in [4.78, 5) is 119. The number of piperazine rings is 1. The average Bonchev–Trinajstić information content (AvgIpc) is 3.47. The van der Waals surface area contributed by atoms with Crippen molar-refractivity contribution in [1.29, 1.82) is 0 Å². The van der Waals surface area contributed by atoms with Crippen LogP contribution in [0, 0.1) is 11.8 Å². The molecule has 1 aromatic carbocycles. The molecule has 2 aromatic rings. The lowest BCUT2D eigenvalue weighted by Crippen LogP contribution is -2.65. The van der Waals surface area contributed by atoms with Crippen molar-refractivity contribution in [3.05, 3.63) is 35.5 Å². The lowest BCUT2D eigenvalue weighted by molar-refractivity contribution is -0.151. The molecule has 9 N–H and O–H groups in total. The van der Waals surface area contributed by atoms with Gasteiger partial charge in [0.05, 0.1) is 25.9 Å². The Hall–Kier alpha value is -6.01. The minimum absolute atomic E-state index is 0.0956. The van der Waals surface area contributed by atoms with Crippen LogP contribution in [0.15, 0.2) is 24.3 Å². The van der Waals surface area contributed by atoms with E-state index in [1.54, 1.807) is 0 Å². The van der Waals surface area contributed by atoms with Gasteiger partial charge in [0.2, 0.25) is 41.4 Å². The summed E-state index contributed by atoms with van der Waals surface area (Å²) in [6.07, 6.45) is -0.824. The largest absolute Gasteiger partial charge is 0.481 e. The van der Waals surface area contributed by atoms with Gasteiger partial charge in [0.25, 0.3) is 0 Å². The number of aliphatic carboxylic acids is 2. The second kappa shape index (κ2) is 17.9. The number of aromatic amines is 1. The van der Waals surface area contributed by atoms with Crippen molar-refractivity contribution in [2.24, 2.45) is 11.8 Å². The van der Waals surface area contributed by atoms with Gasteiger partial charge in [-0.15, -0.1) is 0 Å². The Kier molecular flexibility index (Phi) is 13.6. The van der Waals surface area contributed by atoms with Crippen LogP contribution >= 0.6 is 0 Å². The summed E-state index contributed by atoms with van der Waals surface area (Å²) in [5, 5.41) is 33.9. The van der Waals surface area contributed by atoms with Crippen molar-refractivity contribution in [3.8, 4) is 0 Å². The van der Waals surface area contributed by atoms with Crippen molar-refractivity contribution in [3.63, 3.8) is 0 Å². The fourth-order valence-corrected chi connectivity index (χ4v) is 6.58. The maximum atomic E-state index is 13.5. The van der Waals surface area contributed by atoms with Crippen molar-refractivity contribution >= 4 is 64.2 Å². The summed E-state index contributed by atoms with van der Waals surface area (Å²) in [6.45, 7) is 7.45. The number of aromatic nitrogens is 1. The van der Waals surface area contributed by atoms with Crippen molar-refractivity contribution < 1.29 is 53.4 Å². The minimum atomic E-state index is -1.65. The Morgan fingerprint density at radius 1 is 0.855 bits per heavy atom. The molecule has 0 aliphatic carbocycles. The molecule has 4 rings (SSSR count). The van der Waals surface area contributed by atoms with E-state index in [4.69, 9.17) is 0 Å². The molecule has 1 fully saturated rings. The van der Waals surface area contributed by atoms with Gasteiger partial charge in [-0.25, -0.2) is 4.79 Å². The molecule has 3 heterocycles. The molecule has 2 aliphatic heterocycles. The lowest BCUT2D eigenvalue weighted by Gasteiger charge is -2.41. The predicted molar refractivity (Wildman–Crippen MR) is 193 cm³/mol. The number of carboxylic acids is 2. The number of H-pyrrole nitrogens is 1. The van der Waals surface area contributed by atoms with Gasteiger partial charge in [0.1, 0.15) is 36.3 Å². The van der Waals surface area contributed by atoms with Gasteiger partial charge in [-0.2, -0.15) is 0 Å². The maximum Gasteiger partial charge on any atom is 0.326 e. The zero-order valence-corrected chi connectivity index (χ0v) is 31.2. The number of amides is 7.